The summed E-state index contributed by atoms with van der Waals surface area (Å²) in [5, 5.41) is 7.90. The van der Waals surface area contributed by atoms with Crippen molar-refractivity contribution in [3.8, 4) is 5.69 Å². The molecule has 0 fully saturated rings. The molecular weight excluding hydrogens is 366 g/mol. The van der Waals surface area contributed by atoms with Gasteiger partial charge in [0.25, 0.3) is 0 Å². The summed E-state index contributed by atoms with van der Waals surface area (Å²) in [6, 6.07) is 18.7. The van der Waals surface area contributed by atoms with E-state index in [1.54, 1.807) is 11.8 Å². The van der Waals surface area contributed by atoms with Gasteiger partial charge >= 0.3 is 0 Å². The highest BCUT2D eigenvalue weighted by Crippen LogP contribution is 2.31. The maximum atomic E-state index is 12.6. The maximum Gasteiger partial charge on any atom is 0.230 e. The number of carbonyl (C=O) groups excluding carboxylic acids is 1. The van der Waals surface area contributed by atoms with Crippen molar-refractivity contribution in [3.05, 3.63) is 77.1 Å². The van der Waals surface area contributed by atoms with Gasteiger partial charge in [-0.25, -0.2) is 4.68 Å². The SMILES string of the molecule is Cc1nn(-c2ccccc2)c(C)c1SCC(=O)N[C@H]1CCCc2ccccc21. The number of thioether (sulfide) groups is 1. The number of nitrogens with one attached hydrogen (secondary N) is 1. The lowest BCUT2D eigenvalue weighted by Gasteiger charge is -2.26. The second-order valence-electron chi connectivity index (χ2n) is 7.25. The van der Waals surface area contributed by atoms with Gasteiger partial charge in [0.1, 0.15) is 0 Å². The summed E-state index contributed by atoms with van der Waals surface area (Å²) in [6.07, 6.45) is 3.24. The van der Waals surface area contributed by atoms with Crippen LogP contribution in [0, 0.1) is 13.8 Å². The Balaban J connectivity index is 1.43. The molecule has 0 saturated heterocycles. The Hall–Kier alpha value is -2.53. The highest BCUT2D eigenvalue weighted by Gasteiger charge is 2.22. The molecule has 4 nitrogen and oxygen atoms in total. The zero-order chi connectivity index (χ0) is 19.5. The first-order valence-electron chi connectivity index (χ1n) is 9.75. The predicted octanol–water partition coefficient (Wildman–Crippen LogP) is 4.78. The van der Waals surface area contributed by atoms with Crippen molar-refractivity contribution in [2.24, 2.45) is 0 Å². The molecule has 0 radical (unpaired) electrons. The van der Waals surface area contributed by atoms with E-state index in [0.29, 0.717) is 5.75 Å². The number of para-hydroxylation sites is 1. The topological polar surface area (TPSA) is 46.9 Å². The largest absolute Gasteiger partial charge is 0.349 e. The minimum Gasteiger partial charge on any atom is -0.349 e. The number of rotatable bonds is 5. The predicted molar refractivity (Wildman–Crippen MR) is 114 cm³/mol. The number of nitrogens with zero attached hydrogens (tertiary/aromatic N) is 2. The van der Waals surface area contributed by atoms with Gasteiger partial charge in [-0.1, -0.05) is 42.5 Å². The van der Waals surface area contributed by atoms with Crippen molar-refractivity contribution in [2.75, 3.05) is 5.75 Å². The standard InChI is InChI=1S/C23H25N3OS/c1-16-23(17(2)26(25-16)19-11-4-3-5-12-19)28-15-22(27)24-21-14-8-10-18-9-6-7-13-20(18)21/h3-7,9,11-13,21H,8,10,14-15H2,1-2H3,(H,24,27)/t21-/m0/s1. The van der Waals surface area contributed by atoms with Crippen LogP contribution >= 0.6 is 11.8 Å². The number of hydrogen-bond donors (Lipinski definition) is 1. The van der Waals surface area contributed by atoms with Crippen LogP contribution in [0.4, 0.5) is 0 Å². The Morgan fingerprint density at radius 2 is 1.89 bits per heavy atom. The summed E-state index contributed by atoms with van der Waals surface area (Å²) in [6.45, 7) is 4.06. The minimum absolute atomic E-state index is 0.0814. The smallest absolute Gasteiger partial charge is 0.230 e. The van der Waals surface area contributed by atoms with Crippen molar-refractivity contribution >= 4 is 17.7 Å². The molecule has 4 rings (SSSR count). The first kappa shape index (κ1) is 18.8. The molecule has 1 aromatic heterocycles. The van der Waals surface area contributed by atoms with Crippen molar-refractivity contribution in [1.82, 2.24) is 15.1 Å². The summed E-state index contributed by atoms with van der Waals surface area (Å²) in [5.74, 6) is 0.485. The van der Waals surface area contributed by atoms with Crippen molar-refractivity contribution < 1.29 is 4.79 Å². The molecule has 1 heterocycles. The number of carbonyl (C=O) groups is 1. The Morgan fingerprint density at radius 3 is 2.71 bits per heavy atom. The summed E-state index contributed by atoms with van der Waals surface area (Å²) >= 11 is 1.57. The van der Waals surface area contributed by atoms with Gasteiger partial charge < -0.3 is 5.32 Å². The number of benzene rings is 2. The number of aryl methyl sites for hydroxylation is 2. The molecule has 0 unspecified atom stereocenters. The molecule has 0 spiro atoms. The third-order valence-electron chi connectivity index (χ3n) is 5.28. The van der Waals surface area contributed by atoms with E-state index in [1.807, 2.05) is 41.9 Å². The number of hydrogen-bond acceptors (Lipinski definition) is 3. The van der Waals surface area contributed by atoms with Crippen LogP contribution in [0.15, 0.2) is 59.5 Å². The fraction of sp³-hybridized carbons (Fsp3) is 0.304. The Morgan fingerprint density at radius 1 is 1.14 bits per heavy atom. The fourth-order valence-corrected chi connectivity index (χ4v) is 4.84. The molecule has 1 amide bonds. The van der Waals surface area contributed by atoms with E-state index in [4.69, 9.17) is 0 Å². The summed E-state index contributed by atoms with van der Waals surface area (Å²) in [4.78, 5) is 13.7. The highest BCUT2D eigenvalue weighted by atomic mass is 32.2. The van der Waals surface area contributed by atoms with Crippen LogP contribution in [0.5, 0.6) is 0 Å². The Kier molecular flexibility index (Phi) is 5.53. The zero-order valence-electron chi connectivity index (χ0n) is 16.3. The van der Waals surface area contributed by atoms with Crippen LogP contribution in [0.25, 0.3) is 5.69 Å². The molecule has 0 saturated carbocycles. The fourth-order valence-electron chi connectivity index (χ4n) is 3.94. The van der Waals surface area contributed by atoms with Gasteiger partial charge in [0, 0.05) is 0 Å². The van der Waals surface area contributed by atoms with E-state index in [-0.39, 0.29) is 11.9 Å². The van der Waals surface area contributed by atoms with E-state index in [2.05, 4.69) is 41.6 Å². The summed E-state index contributed by atoms with van der Waals surface area (Å²) < 4.78 is 1.95. The Bertz CT molecular complexity index is 981. The van der Waals surface area contributed by atoms with Crippen LogP contribution in [0.1, 0.15) is 41.4 Å². The molecule has 0 aliphatic heterocycles. The quantitative estimate of drug-likeness (QED) is 0.637. The molecule has 144 valence electrons. The minimum atomic E-state index is 0.0814. The lowest BCUT2D eigenvalue weighted by atomic mass is 9.88. The molecule has 1 aliphatic carbocycles. The summed E-state index contributed by atoms with van der Waals surface area (Å²) in [5.41, 5.74) is 5.71. The van der Waals surface area contributed by atoms with Gasteiger partial charge in [0.15, 0.2) is 0 Å². The van der Waals surface area contributed by atoms with Gasteiger partial charge in [-0.2, -0.15) is 5.10 Å². The molecule has 3 aromatic rings. The first-order chi connectivity index (χ1) is 13.6. The van der Waals surface area contributed by atoms with E-state index >= 15 is 0 Å². The van der Waals surface area contributed by atoms with E-state index in [0.717, 1.165) is 41.2 Å². The van der Waals surface area contributed by atoms with Crippen molar-refractivity contribution in [1.29, 1.82) is 0 Å². The number of amides is 1. The monoisotopic (exact) mass is 391 g/mol. The second kappa shape index (κ2) is 8.23. The molecule has 2 aromatic carbocycles. The van der Waals surface area contributed by atoms with Crippen LogP contribution < -0.4 is 5.32 Å². The van der Waals surface area contributed by atoms with Gasteiger partial charge in [0.2, 0.25) is 5.91 Å². The third-order valence-corrected chi connectivity index (χ3v) is 6.56. The van der Waals surface area contributed by atoms with Gasteiger partial charge in [-0.15, -0.1) is 11.8 Å². The number of aromatic nitrogens is 2. The third kappa shape index (κ3) is 3.85. The second-order valence-corrected chi connectivity index (χ2v) is 8.23. The lowest BCUT2D eigenvalue weighted by Crippen LogP contribution is -2.32. The van der Waals surface area contributed by atoms with E-state index in [9.17, 15) is 4.79 Å². The Labute approximate surface area is 170 Å². The van der Waals surface area contributed by atoms with E-state index < -0.39 is 0 Å². The van der Waals surface area contributed by atoms with Gasteiger partial charge in [-0.3, -0.25) is 4.79 Å². The van der Waals surface area contributed by atoms with Gasteiger partial charge in [0.05, 0.1) is 33.8 Å². The average Bonchev–Trinajstić information content (AvgIpc) is 3.01. The molecule has 0 bridgehead atoms. The molecular formula is C23H25N3OS. The van der Waals surface area contributed by atoms with E-state index in [1.165, 1.54) is 11.1 Å². The molecule has 1 atom stereocenters. The zero-order valence-corrected chi connectivity index (χ0v) is 17.1. The van der Waals surface area contributed by atoms with Crippen LogP contribution in [-0.4, -0.2) is 21.4 Å². The van der Waals surface area contributed by atoms with Crippen LogP contribution in [-0.2, 0) is 11.2 Å². The molecule has 28 heavy (non-hydrogen) atoms. The first-order valence-corrected chi connectivity index (χ1v) is 10.7. The lowest BCUT2D eigenvalue weighted by molar-refractivity contribution is -0.119. The van der Waals surface area contributed by atoms with Crippen LogP contribution in [0.2, 0.25) is 0 Å². The highest BCUT2D eigenvalue weighted by molar-refractivity contribution is 8.00. The summed E-state index contributed by atoms with van der Waals surface area (Å²) in [7, 11) is 0. The average molecular weight is 392 g/mol. The number of fused-ring (bicyclic) bond motifs is 1. The normalized spacial score (nSPS) is 15.9. The van der Waals surface area contributed by atoms with Crippen molar-refractivity contribution in [3.63, 3.8) is 0 Å². The molecule has 1 N–H and O–H groups in total. The maximum absolute atomic E-state index is 12.6. The molecule has 5 heteroatoms. The molecule has 1 aliphatic rings. The van der Waals surface area contributed by atoms with Crippen molar-refractivity contribution in [2.45, 2.75) is 44.0 Å². The van der Waals surface area contributed by atoms with Gasteiger partial charge in [-0.05, 0) is 56.4 Å². The van der Waals surface area contributed by atoms with Crippen LogP contribution in [0.3, 0.4) is 0 Å².